The second kappa shape index (κ2) is 9.81. The van der Waals surface area contributed by atoms with Gasteiger partial charge in [0.1, 0.15) is 0 Å². The molecule has 0 unspecified atom stereocenters. The van der Waals surface area contributed by atoms with Gasteiger partial charge in [0.05, 0.1) is 0 Å². The van der Waals surface area contributed by atoms with Gasteiger partial charge in [0.25, 0.3) is 0 Å². The Morgan fingerprint density at radius 2 is 0.889 bits per heavy atom. The Morgan fingerprint density at radius 3 is 1.53 bits per heavy atom. The summed E-state index contributed by atoms with van der Waals surface area (Å²) in [5.41, 5.74) is 7.98. The Balaban J connectivity index is 1.26. The Labute approximate surface area is 212 Å². The average Bonchev–Trinajstić information content (AvgIpc) is 2.95. The molecule has 2 heteroatoms. The smallest absolute Gasteiger partial charge is 0.0463 e. The van der Waals surface area contributed by atoms with Gasteiger partial charge in [-0.15, -0.1) is 0 Å². The number of hydrogen-bond donors (Lipinski definition) is 1. The molecular formula is C34H26N2. The Bertz CT molecular complexity index is 1530. The summed E-state index contributed by atoms with van der Waals surface area (Å²) >= 11 is 0. The first-order valence-electron chi connectivity index (χ1n) is 12.2. The highest BCUT2D eigenvalue weighted by atomic mass is 15.1. The minimum absolute atomic E-state index is 1.08. The molecule has 0 atom stereocenters. The Hall–Kier alpha value is -4.82. The van der Waals surface area contributed by atoms with E-state index < -0.39 is 0 Å². The van der Waals surface area contributed by atoms with E-state index in [2.05, 4.69) is 162 Å². The lowest BCUT2D eigenvalue weighted by Gasteiger charge is -2.25. The van der Waals surface area contributed by atoms with Crippen molar-refractivity contribution in [2.75, 3.05) is 10.2 Å². The van der Waals surface area contributed by atoms with E-state index in [0.29, 0.717) is 0 Å². The first-order chi connectivity index (χ1) is 17.8. The molecule has 0 amide bonds. The van der Waals surface area contributed by atoms with Gasteiger partial charge in [-0.3, -0.25) is 0 Å². The molecule has 0 fully saturated rings. The standard InChI is InChI=1S/C34H26N2/c1-3-12-30(13-4-1)36(31-14-5-2-6-15-31)32-24-20-27(21-25-32)26-18-22-29(23-19-26)35-34-17-9-11-28-10-7-8-16-33(28)34/h1-25,35H. The molecule has 6 aromatic carbocycles. The van der Waals surface area contributed by atoms with Crippen molar-refractivity contribution in [3.63, 3.8) is 0 Å². The zero-order valence-electron chi connectivity index (χ0n) is 19.9. The summed E-state index contributed by atoms with van der Waals surface area (Å²) < 4.78 is 0. The molecule has 0 saturated carbocycles. The molecule has 6 aromatic rings. The van der Waals surface area contributed by atoms with Gasteiger partial charge in [-0.1, -0.05) is 97.1 Å². The highest BCUT2D eigenvalue weighted by molar-refractivity contribution is 5.95. The quantitative estimate of drug-likeness (QED) is 0.265. The van der Waals surface area contributed by atoms with Gasteiger partial charge in [0.2, 0.25) is 0 Å². The van der Waals surface area contributed by atoms with Crippen LogP contribution >= 0.6 is 0 Å². The monoisotopic (exact) mass is 462 g/mol. The molecule has 0 bridgehead atoms. The van der Waals surface area contributed by atoms with Crippen LogP contribution in [0.1, 0.15) is 0 Å². The summed E-state index contributed by atoms with van der Waals surface area (Å²) in [5.74, 6) is 0. The van der Waals surface area contributed by atoms with Gasteiger partial charge in [0, 0.05) is 33.8 Å². The van der Waals surface area contributed by atoms with Gasteiger partial charge >= 0.3 is 0 Å². The van der Waals surface area contributed by atoms with Crippen LogP contribution in [-0.4, -0.2) is 0 Å². The molecule has 0 radical (unpaired) electrons. The van der Waals surface area contributed by atoms with Gasteiger partial charge in [0.15, 0.2) is 0 Å². The fourth-order valence-electron chi connectivity index (χ4n) is 4.64. The Morgan fingerprint density at radius 1 is 0.389 bits per heavy atom. The molecule has 0 aliphatic heterocycles. The molecule has 0 spiro atoms. The van der Waals surface area contributed by atoms with E-state index in [0.717, 1.165) is 28.4 Å². The van der Waals surface area contributed by atoms with Crippen molar-refractivity contribution in [2.24, 2.45) is 0 Å². The lowest BCUT2D eigenvalue weighted by atomic mass is 10.0. The lowest BCUT2D eigenvalue weighted by molar-refractivity contribution is 1.28. The fraction of sp³-hybridized carbons (Fsp3) is 0. The van der Waals surface area contributed by atoms with Gasteiger partial charge in [-0.2, -0.15) is 0 Å². The number of rotatable bonds is 6. The molecule has 0 aliphatic carbocycles. The number of para-hydroxylation sites is 2. The Kier molecular flexibility index (Phi) is 5.91. The zero-order valence-corrected chi connectivity index (χ0v) is 19.9. The summed E-state index contributed by atoms with van der Waals surface area (Å²) in [7, 11) is 0. The van der Waals surface area contributed by atoms with Crippen molar-refractivity contribution in [2.45, 2.75) is 0 Å². The normalized spacial score (nSPS) is 10.8. The second-order valence-corrected chi connectivity index (χ2v) is 8.78. The van der Waals surface area contributed by atoms with Crippen LogP contribution in [-0.2, 0) is 0 Å². The second-order valence-electron chi connectivity index (χ2n) is 8.78. The molecular weight excluding hydrogens is 436 g/mol. The van der Waals surface area contributed by atoms with Crippen molar-refractivity contribution < 1.29 is 0 Å². The minimum atomic E-state index is 1.08. The maximum atomic E-state index is 3.58. The van der Waals surface area contributed by atoms with Crippen LogP contribution in [0.2, 0.25) is 0 Å². The number of fused-ring (bicyclic) bond motifs is 1. The number of anilines is 5. The van der Waals surface area contributed by atoms with Crippen molar-refractivity contribution in [1.82, 2.24) is 0 Å². The van der Waals surface area contributed by atoms with Crippen molar-refractivity contribution in [3.05, 3.63) is 152 Å². The first kappa shape index (κ1) is 21.7. The number of benzene rings is 6. The van der Waals surface area contributed by atoms with E-state index in [1.54, 1.807) is 0 Å². The van der Waals surface area contributed by atoms with E-state index >= 15 is 0 Å². The van der Waals surface area contributed by atoms with Crippen molar-refractivity contribution in [3.8, 4) is 11.1 Å². The van der Waals surface area contributed by atoms with Crippen LogP contribution in [0.4, 0.5) is 28.4 Å². The molecule has 0 aromatic heterocycles. The van der Waals surface area contributed by atoms with Gasteiger partial charge in [-0.25, -0.2) is 0 Å². The third-order valence-electron chi connectivity index (χ3n) is 6.44. The third-order valence-corrected chi connectivity index (χ3v) is 6.44. The predicted molar refractivity (Wildman–Crippen MR) is 154 cm³/mol. The van der Waals surface area contributed by atoms with E-state index in [1.807, 2.05) is 0 Å². The largest absolute Gasteiger partial charge is 0.355 e. The van der Waals surface area contributed by atoms with Crippen LogP contribution in [0.15, 0.2) is 152 Å². The number of nitrogens with one attached hydrogen (secondary N) is 1. The van der Waals surface area contributed by atoms with E-state index in [9.17, 15) is 0 Å². The third kappa shape index (κ3) is 4.45. The van der Waals surface area contributed by atoms with Gasteiger partial charge < -0.3 is 10.2 Å². The molecule has 2 nitrogen and oxygen atoms in total. The summed E-state index contributed by atoms with van der Waals surface area (Å²) in [6, 6.07) is 53.2. The van der Waals surface area contributed by atoms with Gasteiger partial charge in [-0.05, 0) is 71.1 Å². The molecule has 6 rings (SSSR count). The molecule has 0 heterocycles. The van der Waals surface area contributed by atoms with Crippen LogP contribution < -0.4 is 10.2 Å². The summed E-state index contributed by atoms with van der Waals surface area (Å²) in [4.78, 5) is 2.28. The number of hydrogen-bond acceptors (Lipinski definition) is 2. The highest BCUT2D eigenvalue weighted by Crippen LogP contribution is 2.35. The topological polar surface area (TPSA) is 15.3 Å². The molecule has 0 saturated heterocycles. The van der Waals surface area contributed by atoms with Crippen LogP contribution in [0, 0.1) is 0 Å². The average molecular weight is 463 g/mol. The SMILES string of the molecule is c1ccc(N(c2ccccc2)c2ccc(-c3ccc(Nc4cccc5ccccc45)cc3)cc2)cc1. The maximum Gasteiger partial charge on any atom is 0.0463 e. The summed E-state index contributed by atoms with van der Waals surface area (Å²) in [5, 5.41) is 6.04. The van der Waals surface area contributed by atoms with E-state index in [-0.39, 0.29) is 0 Å². The highest BCUT2D eigenvalue weighted by Gasteiger charge is 2.12. The molecule has 0 aliphatic rings. The van der Waals surface area contributed by atoms with Crippen LogP contribution in [0.5, 0.6) is 0 Å². The summed E-state index contributed by atoms with van der Waals surface area (Å²) in [6.07, 6.45) is 0. The summed E-state index contributed by atoms with van der Waals surface area (Å²) in [6.45, 7) is 0. The lowest BCUT2D eigenvalue weighted by Crippen LogP contribution is -2.09. The number of nitrogens with zero attached hydrogens (tertiary/aromatic N) is 1. The maximum absolute atomic E-state index is 3.58. The minimum Gasteiger partial charge on any atom is -0.355 e. The first-order valence-corrected chi connectivity index (χ1v) is 12.2. The van der Waals surface area contributed by atoms with Crippen LogP contribution in [0.25, 0.3) is 21.9 Å². The molecule has 1 N–H and O–H groups in total. The van der Waals surface area contributed by atoms with Crippen LogP contribution in [0.3, 0.4) is 0 Å². The molecule has 36 heavy (non-hydrogen) atoms. The fourth-order valence-corrected chi connectivity index (χ4v) is 4.64. The zero-order chi connectivity index (χ0) is 24.2. The predicted octanol–water partition coefficient (Wildman–Crippen LogP) is 9.72. The molecule has 172 valence electrons. The van der Waals surface area contributed by atoms with Crippen molar-refractivity contribution in [1.29, 1.82) is 0 Å². The van der Waals surface area contributed by atoms with E-state index in [4.69, 9.17) is 0 Å². The van der Waals surface area contributed by atoms with E-state index in [1.165, 1.54) is 21.9 Å². The van der Waals surface area contributed by atoms with Crippen molar-refractivity contribution >= 4 is 39.2 Å².